The van der Waals surface area contributed by atoms with Gasteiger partial charge in [0.05, 0.1) is 0 Å². The van der Waals surface area contributed by atoms with Crippen molar-refractivity contribution in [3.05, 3.63) is 65.8 Å². The number of carbonyl (C=O) groups excluding carboxylic acids is 1. The number of ether oxygens (including phenoxy) is 1. The first kappa shape index (κ1) is 14.8. The van der Waals surface area contributed by atoms with Crippen molar-refractivity contribution in [1.29, 1.82) is 0 Å². The molecule has 0 aliphatic heterocycles. The van der Waals surface area contributed by atoms with Crippen LogP contribution in [0.2, 0.25) is 0 Å². The van der Waals surface area contributed by atoms with Gasteiger partial charge in [-0.3, -0.25) is 9.78 Å². The average molecular weight is 309 g/mol. The van der Waals surface area contributed by atoms with Crippen LogP contribution >= 0.6 is 0 Å². The van der Waals surface area contributed by atoms with Gasteiger partial charge in [0.2, 0.25) is 0 Å². The SMILES string of the molecule is Cc1noc(C)c1NC(=O)c1cccc(Oc2ccncc2)c1. The number of aryl methyl sites for hydroxylation is 2. The van der Waals surface area contributed by atoms with Crippen LogP contribution in [-0.4, -0.2) is 16.0 Å². The Hall–Kier alpha value is -3.15. The Morgan fingerprint density at radius 2 is 1.91 bits per heavy atom. The van der Waals surface area contributed by atoms with Gasteiger partial charge in [-0.15, -0.1) is 0 Å². The average Bonchev–Trinajstić information content (AvgIpc) is 2.88. The number of carbonyl (C=O) groups is 1. The minimum atomic E-state index is -0.250. The molecule has 0 spiro atoms. The first-order valence-electron chi connectivity index (χ1n) is 7.05. The van der Waals surface area contributed by atoms with Crippen LogP contribution in [0.5, 0.6) is 11.5 Å². The summed E-state index contributed by atoms with van der Waals surface area (Å²) in [6, 6.07) is 10.4. The van der Waals surface area contributed by atoms with Crippen LogP contribution < -0.4 is 10.1 Å². The van der Waals surface area contributed by atoms with Gasteiger partial charge >= 0.3 is 0 Å². The summed E-state index contributed by atoms with van der Waals surface area (Å²) in [5.74, 6) is 1.55. The topological polar surface area (TPSA) is 77.2 Å². The standard InChI is InChI=1S/C17H15N3O3/c1-11-16(12(2)23-20-11)19-17(21)13-4-3-5-15(10-13)22-14-6-8-18-9-7-14/h3-10H,1-2H3,(H,19,21). The van der Waals surface area contributed by atoms with Crippen LogP contribution in [0.3, 0.4) is 0 Å². The highest BCUT2D eigenvalue weighted by Gasteiger charge is 2.14. The smallest absolute Gasteiger partial charge is 0.255 e. The van der Waals surface area contributed by atoms with Gasteiger partial charge in [0.15, 0.2) is 5.76 Å². The fraction of sp³-hybridized carbons (Fsp3) is 0.118. The first-order chi connectivity index (χ1) is 11.1. The number of hydrogen-bond acceptors (Lipinski definition) is 5. The number of amides is 1. The summed E-state index contributed by atoms with van der Waals surface area (Å²) < 4.78 is 10.7. The predicted octanol–water partition coefficient (Wildman–Crippen LogP) is 3.73. The van der Waals surface area contributed by atoms with Crippen molar-refractivity contribution >= 4 is 11.6 Å². The van der Waals surface area contributed by atoms with E-state index in [1.54, 1.807) is 62.6 Å². The van der Waals surface area contributed by atoms with Gasteiger partial charge in [0.1, 0.15) is 22.9 Å². The van der Waals surface area contributed by atoms with E-state index >= 15 is 0 Å². The summed E-state index contributed by atoms with van der Waals surface area (Å²) in [6.45, 7) is 3.52. The summed E-state index contributed by atoms with van der Waals surface area (Å²) in [7, 11) is 0. The predicted molar refractivity (Wildman–Crippen MR) is 84.7 cm³/mol. The maximum atomic E-state index is 12.4. The van der Waals surface area contributed by atoms with Crippen LogP contribution in [0.4, 0.5) is 5.69 Å². The number of nitrogens with one attached hydrogen (secondary N) is 1. The lowest BCUT2D eigenvalue weighted by molar-refractivity contribution is 0.102. The molecule has 0 radical (unpaired) electrons. The third kappa shape index (κ3) is 3.37. The molecule has 3 aromatic rings. The Balaban J connectivity index is 1.78. The molecule has 0 saturated carbocycles. The van der Waals surface area contributed by atoms with E-state index in [9.17, 15) is 4.79 Å². The monoisotopic (exact) mass is 309 g/mol. The van der Waals surface area contributed by atoms with Crippen molar-refractivity contribution < 1.29 is 14.1 Å². The normalized spacial score (nSPS) is 10.3. The van der Waals surface area contributed by atoms with Crippen LogP contribution in [-0.2, 0) is 0 Å². The molecule has 0 saturated heterocycles. The van der Waals surface area contributed by atoms with Gasteiger partial charge < -0.3 is 14.6 Å². The summed E-state index contributed by atoms with van der Waals surface area (Å²) in [6.07, 6.45) is 3.28. The van der Waals surface area contributed by atoms with Gasteiger partial charge in [0.25, 0.3) is 5.91 Å². The lowest BCUT2D eigenvalue weighted by Gasteiger charge is -2.08. The highest BCUT2D eigenvalue weighted by molar-refractivity contribution is 6.05. The van der Waals surface area contributed by atoms with E-state index in [0.717, 1.165) is 0 Å². The Morgan fingerprint density at radius 3 is 2.61 bits per heavy atom. The molecule has 0 aliphatic rings. The highest BCUT2D eigenvalue weighted by Crippen LogP contribution is 2.23. The second-order valence-electron chi connectivity index (χ2n) is 4.97. The molecule has 1 amide bonds. The van der Waals surface area contributed by atoms with E-state index in [1.165, 1.54) is 0 Å². The maximum Gasteiger partial charge on any atom is 0.255 e. The van der Waals surface area contributed by atoms with Crippen LogP contribution in [0.25, 0.3) is 0 Å². The number of rotatable bonds is 4. The molecular formula is C17H15N3O3. The number of nitrogens with zero attached hydrogens (tertiary/aromatic N) is 2. The minimum Gasteiger partial charge on any atom is -0.457 e. The molecule has 116 valence electrons. The maximum absolute atomic E-state index is 12.4. The quantitative estimate of drug-likeness (QED) is 0.794. The van der Waals surface area contributed by atoms with Crippen molar-refractivity contribution in [2.24, 2.45) is 0 Å². The fourth-order valence-electron chi connectivity index (χ4n) is 2.09. The Bertz CT molecular complexity index is 809. The fourth-order valence-corrected chi connectivity index (χ4v) is 2.09. The first-order valence-corrected chi connectivity index (χ1v) is 7.05. The highest BCUT2D eigenvalue weighted by atomic mass is 16.5. The van der Waals surface area contributed by atoms with Gasteiger partial charge in [-0.05, 0) is 44.2 Å². The van der Waals surface area contributed by atoms with Crippen molar-refractivity contribution in [2.75, 3.05) is 5.32 Å². The number of aromatic nitrogens is 2. The lowest BCUT2D eigenvalue weighted by atomic mass is 10.2. The molecule has 2 heterocycles. The molecule has 0 aliphatic carbocycles. The second-order valence-corrected chi connectivity index (χ2v) is 4.97. The molecule has 6 heteroatoms. The summed E-state index contributed by atoms with van der Waals surface area (Å²) in [5, 5.41) is 6.62. The molecule has 1 N–H and O–H groups in total. The molecule has 0 atom stereocenters. The number of hydrogen-bond donors (Lipinski definition) is 1. The summed E-state index contributed by atoms with van der Waals surface area (Å²) >= 11 is 0. The van der Waals surface area contributed by atoms with E-state index in [-0.39, 0.29) is 5.91 Å². The van der Waals surface area contributed by atoms with Gasteiger partial charge in [-0.1, -0.05) is 11.2 Å². The van der Waals surface area contributed by atoms with E-state index in [0.29, 0.717) is 34.2 Å². The van der Waals surface area contributed by atoms with Crippen LogP contribution in [0.1, 0.15) is 21.8 Å². The van der Waals surface area contributed by atoms with E-state index in [1.807, 2.05) is 0 Å². The largest absolute Gasteiger partial charge is 0.457 e. The molecule has 2 aromatic heterocycles. The minimum absolute atomic E-state index is 0.250. The zero-order chi connectivity index (χ0) is 16.2. The lowest BCUT2D eigenvalue weighted by Crippen LogP contribution is -2.12. The summed E-state index contributed by atoms with van der Waals surface area (Å²) in [5.41, 5.74) is 1.71. The molecule has 0 unspecified atom stereocenters. The van der Waals surface area contributed by atoms with E-state index < -0.39 is 0 Å². The molecule has 0 bridgehead atoms. The summed E-state index contributed by atoms with van der Waals surface area (Å²) in [4.78, 5) is 16.3. The second kappa shape index (κ2) is 6.31. The Morgan fingerprint density at radius 1 is 1.13 bits per heavy atom. The molecule has 0 fully saturated rings. The Labute approximate surface area is 133 Å². The third-order valence-corrected chi connectivity index (χ3v) is 3.25. The third-order valence-electron chi connectivity index (χ3n) is 3.25. The van der Waals surface area contributed by atoms with Crippen molar-refractivity contribution in [3.8, 4) is 11.5 Å². The number of anilines is 1. The van der Waals surface area contributed by atoms with Crippen molar-refractivity contribution in [1.82, 2.24) is 10.1 Å². The zero-order valence-electron chi connectivity index (χ0n) is 12.7. The van der Waals surface area contributed by atoms with Crippen molar-refractivity contribution in [2.45, 2.75) is 13.8 Å². The van der Waals surface area contributed by atoms with E-state index in [4.69, 9.17) is 9.26 Å². The Kier molecular flexibility index (Phi) is 4.05. The number of pyridine rings is 1. The zero-order valence-corrected chi connectivity index (χ0v) is 12.7. The van der Waals surface area contributed by atoms with Crippen molar-refractivity contribution in [3.63, 3.8) is 0 Å². The molecule has 1 aromatic carbocycles. The molecule has 3 rings (SSSR count). The van der Waals surface area contributed by atoms with Crippen LogP contribution in [0, 0.1) is 13.8 Å². The molecule has 23 heavy (non-hydrogen) atoms. The number of benzene rings is 1. The molecular weight excluding hydrogens is 294 g/mol. The van der Waals surface area contributed by atoms with Gasteiger partial charge in [-0.2, -0.15) is 0 Å². The van der Waals surface area contributed by atoms with Gasteiger partial charge in [0, 0.05) is 18.0 Å². The van der Waals surface area contributed by atoms with E-state index in [2.05, 4.69) is 15.5 Å². The molecule has 6 nitrogen and oxygen atoms in total. The van der Waals surface area contributed by atoms with Gasteiger partial charge in [-0.25, -0.2) is 0 Å². The van der Waals surface area contributed by atoms with Crippen LogP contribution in [0.15, 0.2) is 53.3 Å².